The molecule has 0 amide bonds. The van der Waals surface area contributed by atoms with E-state index in [1.807, 2.05) is 31.2 Å². The molecule has 1 fully saturated rings. The fraction of sp³-hybridized carbons (Fsp3) is 0.385. The first-order valence-corrected chi connectivity index (χ1v) is 5.59. The minimum absolute atomic E-state index is 0.0104. The number of aryl methyl sites for hydroxylation is 1. The predicted octanol–water partition coefficient (Wildman–Crippen LogP) is 2.08. The summed E-state index contributed by atoms with van der Waals surface area (Å²) in [6.45, 7) is 2.04. The van der Waals surface area contributed by atoms with Crippen molar-refractivity contribution in [3.8, 4) is 0 Å². The predicted molar refractivity (Wildman–Crippen MR) is 60.3 cm³/mol. The minimum atomic E-state index is -0.122. The van der Waals surface area contributed by atoms with Gasteiger partial charge in [0.05, 0.1) is 0 Å². The monoisotopic (exact) mass is 215 g/mol. The molecular weight excluding hydrogens is 202 g/mol. The van der Waals surface area contributed by atoms with Gasteiger partial charge in [0.15, 0.2) is 0 Å². The fourth-order valence-corrected chi connectivity index (χ4v) is 2.39. The number of rotatable bonds is 1. The van der Waals surface area contributed by atoms with Crippen LogP contribution in [0.2, 0.25) is 0 Å². The smallest absolute Gasteiger partial charge is 0.146 e. The molecule has 16 heavy (non-hydrogen) atoms. The zero-order valence-corrected chi connectivity index (χ0v) is 9.14. The molecule has 0 N–H and O–H groups in total. The Balaban J connectivity index is 1.96. The lowest BCUT2D eigenvalue weighted by molar-refractivity contribution is -0.119. The third kappa shape index (κ3) is 1.35. The largest absolute Gasteiger partial charge is 0.391 e. The molecule has 82 valence electrons. The van der Waals surface area contributed by atoms with Gasteiger partial charge in [-0.2, -0.15) is 0 Å². The normalized spacial score (nSPS) is 27.6. The van der Waals surface area contributed by atoms with E-state index in [2.05, 4.69) is 5.16 Å². The molecule has 0 aromatic heterocycles. The van der Waals surface area contributed by atoms with Crippen LogP contribution in [0.3, 0.4) is 0 Å². The second kappa shape index (κ2) is 3.44. The van der Waals surface area contributed by atoms with Gasteiger partial charge in [-0.05, 0) is 13.3 Å². The standard InChI is InChI=1S/C13H13NO2/c1-8-2-4-9(5-3-8)13-12-10(15)6-7-11(12)16-14-13/h2-5,11-12H,6-7H2,1H3/t11-,12+/m0/s1. The molecule has 0 unspecified atom stereocenters. The molecule has 1 aromatic rings. The van der Waals surface area contributed by atoms with E-state index in [0.717, 1.165) is 17.7 Å². The number of hydrogen-bond acceptors (Lipinski definition) is 3. The summed E-state index contributed by atoms with van der Waals surface area (Å²) in [6.07, 6.45) is 1.42. The summed E-state index contributed by atoms with van der Waals surface area (Å²) in [6, 6.07) is 8.08. The molecule has 3 nitrogen and oxygen atoms in total. The van der Waals surface area contributed by atoms with Gasteiger partial charge in [0.1, 0.15) is 23.5 Å². The molecule has 1 saturated carbocycles. The summed E-state index contributed by atoms with van der Waals surface area (Å²) in [5.74, 6) is 0.143. The first kappa shape index (κ1) is 9.58. The van der Waals surface area contributed by atoms with E-state index >= 15 is 0 Å². The highest BCUT2D eigenvalue weighted by Crippen LogP contribution is 2.33. The number of hydrogen-bond donors (Lipinski definition) is 0. The lowest BCUT2D eigenvalue weighted by atomic mass is 9.93. The number of ketones is 1. The van der Waals surface area contributed by atoms with Gasteiger partial charge in [-0.15, -0.1) is 0 Å². The van der Waals surface area contributed by atoms with E-state index in [4.69, 9.17) is 4.84 Å². The molecule has 3 heteroatoms. The fourth-order valence-electron chi connectivity index (χ4n) is 2.39. The molecule has 2 atom stereocenters. The zero-order chi connectivity index (χ0) is 11.1. The van der Waals surface area contributed by atoms with Gasteiger partial charge in [-0.3, -0.25) is 4.79 Å². The van der Waals surface area contributed by atoms with Gasteiger partial charge in [0.25, 0.3) is 0 Å². The summed E-state index contributed by atoms with van der Waals surface area (Å²) in [5, 5.41) is 4.07. The molecule has 0 radical (unpaired) electrons. The Labute approximate surface area is 94.1 Å². The van der Waals surface area contributed by atoms with E-state index in [9.17, 15) is 4.79 Å². The van der Waals surface area contributed by atoms with Crippen molar-refractivity contribution in [2.45, 2.75) is 25.9 Å². The van der Waals surface area contributed by atoms with E-state index in [1.165, 1.54) is 5.56 Å². The molecule has 2 aliphatic rings. The highest BCUT2D eigenvalue weighted by molar-refractivity contribution is 6.15. The third-order valence-electron chi connectivity index (χ3n) is 3.32. The van der Waals surface area contributed by atoms with Crippen molar-refractivity contribution >= 4 is 11.5 Å². The molecule has 1 heterocycles. The summed E-state index contributed by atoms with van der Waals surface area (Å²) in [4.78, 5) is 17.1. The summed E-state index contributed by atoms with van der Waals surface area (Å²) in [7, 11) is 0. The Hall–Kier alpha value is -1.64. The minimum Gasteiger partial charge on any atom is -0.391 e. The Morgan fingerprint density at radius 3 is 2.81 bits per heavy atom. The number of oxime groups is 1. The quantitative estimate of drug-likeness (QED) is 0.719. The SMILES string of the molecule is Cc1ccc(C2=NO[C@H]3CCC(=O)[C@@H]23)cc1. The third-order valence-corrected chi connectivity index (χ3v) is 3.32. The van der Waals surface area contributed by atoms with Gasteiger partial charge in [0.2, 0.25) is 0 Å². The van der Waals surface area contributed by atoms with Crippen LogP contribution in [-0.2, 0) is 9.63 Å². The molecule has 0 saturated heterocycles. The van der Waals surface area contributed by atoms with Gasteiger partial charge in [0, 0.05) is 12.0 Å². The second-order valence-electron chi connectivity index (χ2n) is 4.47. The number of Topliss-reactive ketones (excluding diaryl/α,β-unsaturated/α-hetero) is 1. The van der Waals surface area contributed by atoms with Crippen molar-refractivity contribution in [1.82, 2.24) is 0 Å². The van der Waals surface area contributed by atoms with E-state index < -0.39 is 0 Å². The average molecular weight is 215 g/mol. The lowest BCUT2D eigenvalue weighted by Crippen LogP contribution is -2.23. The van der Waals surface area contributed by atoms with Crippen LogP contribution in [0.1, 0.15) is 24.0 Å². The first-order valence-electron chi connectivity index (χ1n) is 5.59. The van der Waals surface area contributed by atoms with Crippen LogP contribution in [-0.4, -0.2) is 17.6 Å². The maximum Gasteiger partial charge on any atom is 0.146 e. The van der Waals surface area contributed by atoms with Gasteiger partial charge >= 0.3 is 0 Å². The van der Waals surface area contributed by atoms with Crippen LogP contribution in [0, 0.1) is 12.8 Å². The van der Waals surface area contributed by atoms with Crippen LogP contribution in [0.15, 0.2) is 29.4 Å². The van der Waals surface area contributed by atoms with Crippen molar-refractivity contribution in [3.05, 3.63) is 35.4 Å². The van der Waals surface area contributed by atoms with Gasteiger partial charge in [-0.25, -0.2) is 0 Å². The van der Waals surface area contributed by atoms with E-state index in [-0.39, 0.29) is 17.8 Å². The number of carbonyl (C=O) groups excluding carboxylic acids is 1. The van der Waals surface area contributed by atoms with Gasteiger partial charge < -0.3 is 4.84 Å². The van der Waals surface area contributed by atoms with Crippen LogP contribution in [0.25, 0.3) is 0 Å². The van der Waals surface area contributed by atoms with Crippen LogP contribution >= 0.6 is 0 Å². The maximum atomic E-state index is 11.7. The Kier molecular flexibility index (Phi) is 2.06. The molecule has 3 rings (SSSR count). The molecular formula is C13H13NO2. The first-order chi connectivity index (χ1) is 7.75. The number of carbonyl (C=O) groups is 1. The molecule has 0 bridgehead atoms. The lowest BCUT2D eigenvalue weighted by Gasteiger charge is -2.07. The number of nitrogens with zero attached hydrogens (tertiary/aromatic N) is 1. The van der Waals surface area contributed by atoms with Gasteiger partial charge in [-0.1, -0.05) is 35.0 Å². The molecule has 1 aliphatic carbocycles. The number of benzene rings is 1. The summed E-state index contributed by atoms with van der Waals surface area (Å²) in [5.41, 5.74) is 3.03. The van der Waals surface area contributed by atoms with Crippen molar-refractivity contribution in [1.29, 1.82) is 0 Å². The Morgan fingerprint density at radius 2 is 2.06 bits per heavy atom. The van der Waals surface area contributed by atoms with Crippen molar-refractivity contribution < 1.29 is 9.63 Å². The van der Waals surface area contributed by atoms with E-state index in [1.54, 1.807) is 0 Å². The number of fused-ring (bicyclic) bond motifs is 1. The Bertz CT molecular complexity index is 461. The van der Waals surface area contributed by atoms with Crippen LogP contribution in [0.4, 0.5) is 0 Å². The molecule has 1 aromatic carbocycles. The van der Waals surface area contributed by atoms with Crippen LogP contribution < -0.4 is 0 Å². The molecule has 0 spiro atoms. The molecule has 1 aliphatic heterocycles. The maximum absolute atomic E-state index is 11.7. The highest BCUT2D eigenvalue weighted by Gasteiger charge is 2.44. The van der Waals surface area contributed by atoms with Crippen molar-refractivity contribution in [3.63, 3.8) is 0 Å². The summed E-state index contributed by atoms with van der Waals surface area (Å²) >= 11 is 0. The Morgan fingerprint density at radius 1 is 1.31 bits per heavy atom. The zero-order valence-electron chi connectivity index (χ0n) is 9.14. The highest BCUT2D eigenvalue weighted by atomic mass is 16.6. The average Bonchev–Trinajstić information content (AvgIpc) is 2.84. The van der Waals surface area contributed by atoms with Crippen molar-refractivity contribution in [2.75, 3.05) is 0 Å². The topological polar surface area (TPSA) is 38.7 Å². The van der Waals surface area contributed by atoms with Crippen molar-refractivity contribution in [2.24, 2.45) is 11.1 Å². The van der Waals surface area contributed by atoms with E-state index in [0.29, 0.717) is 6.42 Å². The second-order valence-corrected chi connectivity index (χ2v) is 4.47. The van der Waals surface area contributed by atoms with Crippen LogP contribution in [0.5, 0.6) is 0 Å². The summed E-state index contributed by atoms with van der Waals surface area (Å²) < 4.78 is 0.